The van der Waals surface area contributed by atoms with Crippen LogP contribution < -0.4 is 5.32 Å². The first kappa shape index (κ1) is 15.2. The molecule has 0 fully saturated rings. The van der Waals surface area contributed by atoms with E-state index in [-0.39, 0.29) is 23.7 Å². The Kier molecular flexibility index (Phi) is 4.07. The fraction of sp³-hybridized carbons (Fsp3) is 0.0667. The van der Waals surface area contributed by atoms with Crippen LogP contribution in [0.5, 0.6) is 0 Å². The van der Waals surface area contributed by atoms with Crippen LogP contribution in [0.4, 0.5) is 0 Å². The van der Waals surface area contributed by atoms with Gasteiger partial charge >= 0.3 is 5.97 Å². The molecule has 1 aromatic carbocycles. The molecule has 0 unspecified atom stereocenters. The highest BCUT2D eigenvalue weighted by Crippen LogP contribution is 2.10. The molecule has 0 aliphatic heterocycles. The Hall–Kier alpha value is -2.74. The number of rotatable bonds is 4. The third-order valence-corrected chi connectivity index (χ3v) is 3.58. The minimum atomic E-state index is -0.982. The first-order chi connectivity index (χ1) is 11.0. The SMILES string of the molecule is O=C(O)c1ccc(CNC(=O)c2cc3ncc(Br)cn3n2)cc1. The van der Waals surface area contributed by atoms with E-state index in [4.69, 9.17) is 5.11 Å². The van der Waals surface area contributed by atoms with E-state index in [1.54, 1.807) is 30.6 Å². The van der Waals surface area contributed by atoms with Crippen molar-refractivity contribution in [3.05, 3.63) is 64.0 Å². The normalized spacial score (nSPS) is 10.7. The number of carboxylic acids is 1. The maximum Gasteiger partial charge on any atom is 0.335 e. The second-order valence-electron chi connectivity index (χ2n) is 4.79. The second-order valence-corrected chi connectivity index (χ2v) is 5.70. The van der Waals surface area contributed by atoms with Crippen LogP contribution in [-0.2, 0) is 6.54 Å². The molecule has 1 amide bonds. The zero-order chi connectivity index (χ0) is 16.4. The zero-order valence-corrected chi connectivity index (χ0v) is 13.3. The predicted molar refractivity (Wildman–Crippen MR) is 85.3 cm³/mol. The summed E-state index contributed by atoms with van der Waals surface area (Å²) in [4.78, 5) is 27.1. The van der Waals surface area contributed by atoms with Crippen LogP contribution in [0, 0.1) is 0 Å². The molecule has 0 spiro atoms. The van der Waals surface area contributed by atoms with Gasteiger partial charge in [-0.05, 0) is 33.6 Å². The monoisotopic (exact) mass is 374 g/mol. The van der Waals surface area contributed by atoms with E-state index in [1.165, 1.54) is 16.6 Å². The van der Waals surface area contributed by atoms with Gasteiger partial charge in [0.15, 0.2) is 11.3 Å². The van der Waals surface area contributed by atoms with Gasteiger partial charge in [-0.1, -0.05) is 12.1 Å². The summed E-state index contributed by atoms with van der Waals surface area (Å²) in [5.41, 5.74) is 1.84. The Morgan fingerprint density at radius 3 is 2.70 bits per heavy atom. The molecule has 0 radical (unpaired) electrons. The van der Waals surface area contributed by atoms with Crippen LogP contribution in [-0.4, -0.2) is 31.6 Å². The van der Waals surface area contributed by atoms with Crippen molar-refractivity contribution in [3.63, 3.8) is 0 Å². The van der Waals surface area contributed by atoms with Crippen LogP contribution >= 0.6 is 15.9 Å². The van der Waals surface area contributed by atoms with Crippen LogP contribution in [0.2, 0.25) is 0 Å². The number of carboxylic acid groups (broad SMARTS) is 1. The Labute approximate surface area is 139 Å². The van der Waals surface area contributed by atoms with Crippen molar-refractivity contribution in [2.24, 2.45) is 0 Å². The van der Waals surface area contributed by atoms with Gasteiger partial charge < -0.3 is 10.4 Å². The van der Waals surface area contributed by atoms with Crippen LogP contribution in [0.3, 0.4) is 0 Å². The smallest absolute Gasteiger partial charge is 0.335 e. The lowest BCUT2D eigenvalue weighted by molar-refractivity contribution is 0.0696. The van der Waals surface area contributed by atoms with E-state index in [0.29, 0.717) is 5.65 Å². The van der Waals surface area contributed by atoms with E-state index in [9.17, 15) is 9.59 Å². The van der Waals surface area contributed by atoms with E-state index in [1.807, 2.05) is 0 Å². The maximum atomic E-state index is 12.1. The van der Waals surface area contributed by atoms with Gasteiger partial charge in [0, 0.05) is 25.0 Å². The van der Waals surface area contributed by atoms with Crippen molar-refractivity contribution in [2.75, 3.05) is 0 Å². The number of carbonyl (C=O) groups excluding carboxylic acids is 1. The number of nitrogens with zero attached hydrogens (tertiary/aromatic N) is 3. The number of halogens is 1. The third-order valence-electron chi connectivity index (χ3n) is 3.17. The summed E-state index contributed by atoms with van der Waals surface area (Å²) in [5.74, 6) is -1.31. The number of hydrogen-bond donors (Lipinski definition) is 2. The molecule has 3 rings (SSSR count). The molecule has 2 aromatic heterocycles. The van der Waals surface area contributed by atoms with Crippen molar-refractivity contribution in [1.82, 2.24) is 19.9 Å². The van der Waals surface area contributed by atoms with Gasteiger partial charge in [0.2, 0.25) is 0 Å². The summed E-state index contributed by atoms with van der Waals surface area (Å²) in [6.07, 6.45) is 3.34. The largest absolute Gasteiger partial charge is 0.478 e. The number of fused-ring (bicyclic) bond motifs is 1. The Balaban J connectivity index is 1.69. The van der Waals surface area contributed by atoms with Gasteiger partial charge in [0.05, 0.1) is 10.0 Å². The van der Waals surface area contributed by atoms with Gasteiger partial charge in [0.1, 0.15) is 0 Å². The molecule has 2 heterocycles. The molecule has 0 saturated carbocycles. The summed E-state index contributed by atoms with van der Waals surface area (Å²) >= 11 is 3.29. The molecular weight excluding hydrogens is 364 g/mol. The molecular formula is C15H11BrN4O3. The van der Waals surface area contributed by atoms with E-state index in [2.05, 4.69) is 31.3 Å². The van der Waals surface area contributed by atoms with Gasteiger partial charge in [0.25, 0.3) is 5.91 Å². The minimum absolute atomic E-state index is 0.206. The van der Waals surface area contributed by atoms with E-state index < -0.39 is 5.97 Å². The summed E-state index contributed by atoms with van der Waals surface area (Å²) in [6.45, 7) is 0.281. The molecule has 0 aliphatic rings. The summed E-state index contributed by atoms with van der Waals surface area (Å²) in [5, 5.41) is 15.7. The summed E-state index contributed by atoms with van der Waals surface area (Å²) < 4.78 is 2.28. The quantitative estimate of drug-likeness (QED) is 0.728. The van der Waals surface area contributed by atoms with Crippen LogP contribution in [0.25, 0.3) is 5.65 Å². The molecule has 8 heteroatoms. The topological polar surface area (TPSA) is 96.6 Å². The first-order valence-corrected chi connectivity index (χ1v) is 7.43. The Morgan fingerprint density at radius 2 is 2.00 bits per heavy atom. The number of nitrogens with one attached hydrogen (secondary N) is 1. The van der Waals surface area contributed by atoms with Crippen molar-refractivity contribution in [2.45, 2.75) is 6.54 Å². The molecule has 3 aromatic rings. The fourth-order valence-corrected chi connectivity index (χ4v) is 2.30. The second kappa shape index (κ2) is 6.17. The standard InChI is InChI=1S/C15H11BrN4O3/c16-11-7-17-13-5-12(19-20(13)8-11)14(21)18-6-9-1-3-10(4-2-9)15(22)23/h1-5,7-8H,6H2,(H,18,21)(H,22,23). The minimum Gasteiger partial charge on any atom is -0.478 e. The number of amides is 1. The van der Waals surface area contributed by atoms with Crippen molar-refractivity contribution in [1.29, 1.82) is 0 Å². The number of carbonyl (C=O) groups is 2. The van der Waals surface area contributed by atoms with Gasteiger partial charge in [-0.2, -0.15) is 5.10 Å². The van der Waals surface area contributed by atoms with Gasteiger partial charge in [-0.15, -0.1) is 0 Å². The molecule has 23 heavy (non-hydrogen) atoms. The number of hydrogen-bond acceptors (Lipinski definition) is 4. The average molecular weight is 375 g/mol. The lowest BCUT2D eigenvalue weighted by Crippen LogP contribution is -2.23. The zero-order valence-electron chi connectivity index (χ0n) is 11.7. The molecule has 0 atom stereocenters. The van der Waals surface area contributed by atoms with E-state index >= 15 is 0 Å². The first-order valence-electron chi connectivity index (χ1n) is 6.64. The van der Waals surface area contributed by atoms with Crippen molar-refractivity contribution < 1.29 is 14.7 Å². The summed E-state index contributed by atoms with van der Waals surface area (Å²) in [7, 11) is 0. The van der Waals surface area contributed by atoms with Crippen LogP contribution in [0.15, 0.2) is 47.2 Å². The lowest BCUT2D eigenvalue weighted by Gasteiger charge is -2.03. The highest BCUT2D eigenvalue weighted by atomic mass is 79.9. The average Bonchev–Trinajstić information content (AvgIpc) is 2.96. The lowest BCUT2D eigenvalue weighted by atomic mass is 10.1. The molecule has 0 aliphatic carbocycles. The number of aromatic carboxylic acids is 1. The molecule has 7 nitrogen and oxygen atoms in total. The molecule has 0 bridgehead atoms. The van der Waals surface area contributed by atoms with Crippen molar-refractivity contribution >= 4 is 33.5 Å². The summed E-state index contributed by atoms with van der Waals surface area (Å²) in [6, 6.07) is 7.90. The Morgan fingerprint density at radius 1 is 1.26 bits per heavy atom. The fourth-order valence-electron chi connectivity index (χ4n) is 2.00. The molecule has 2 N–H and O–H groups in total. The molecule has 0 saturated heterocycles. The number of aromatic nitrogens is 3. The predicted octanol–water partition coefficient (Wildman–Crippen LogP) is 2.12. The highest BCUT2D eigenvalue weighted by molar-refractivity contribution is 9.10. The van der Waals surface area contributed by atoms with E-state index in [0.717, 1.165) is 10.0 Å². The maximum absolute atomic E-state index is 12.1. The van der Waals surface area contributed by atoms with Crippen molar-refractivity contribution in [3.8, 4) is 0 Å². The highest BCUT2D eigenvalue weighted by Gasteiger charge is 2.11. The third kappa shape index (κ3) is 3.37. The Bertz CT molecular complexity index is 889. The van der Waals surface area contributed by atoms with Crippen LogP contribution in [0.1, 0.15) is 26.4 Å². The number of benzene rings is 1. The molecule has 116 valence electrons. The van der Waals surface area contributed by atoms with Gasteiger partial charge in [-0.3, -0.25) is 4.79 Å². The van der Waals surface area contributed by atoms with Gasteiger partial charge in [-0.25, -0.2) is 14.3 Å².